The molecule has 1 rings (SSSR count). The summed E-state index contributed by atoms with van der Waals surface area (Å²) in [6, 6.07) is 0. The lowest BCUT2D eigenvalue weighted by Gasteiger charge is -2.29. The molecule has 0 aromatic carbocycles. The average molecular weight is 240 g/mol. The van der Waals surface area contributed by atoms with Gasteiger partial charge in [0, 0.05) is 13.1 Å². The summed E-state index contributed by atoms with van der Waals surface area (Å²) in [6.07, 6.45) is 4.19. The molecule has 0 amide bonds. The van der Waals surface area contributed by atoms with E-state index in [2.05, 4.69) is 37.9 Å². The molecule has 0 aliphatic carbocycles. The van der Waals surface area contributed by atoms with Gasteiger partial charge in [-0.15, -0.1) is 0 Å². The Kier molecular flexibility index (Phi) is 7.14. The lowest BCUT2D eigenvalue weighted by Crippen LogP contribution is -2.36. The van der Waals surface area contributed by atoms with Crippen molar-refractivity contribution in [1.82, 2.24) is 10.2 Å². The zero-order valence-corrected chi connectivity index (χ0v) is 12.3. The number of nitrogens with one attached hydrogen (secondary N) is 1. The van der Waals surface area contributed by atoms with E-state index in [1.54, 1.807) is 0 Å². The first-order valence-corrected chi connectivity index (χ1v) is 7.51. The van der Waals surface area contributed by atoms with E-state index in [-0.39, 0.29) is 0 Å². The van der Waals surface area contributed by atoms with Crippen molar-refractivity contribution in [2.24, 2.45) is 17.8 Å². The molecule has 0 radical (unpaired) electrons. The quantitative estimate of drug-likeness (QED) is 0.736. The van der Waals surface area contributed by atoms with Crippen LogP contribution in [-0.4, -0.2) is 37.6 Å². The van der Waals surface area contributed by atoms with Crippen LogP contribution in [0.25, 0.3) is 0 Å². The van der Waals surface area contributed by atoms with Gasteiger partial charge in [0.2, 0.25) is 0 Å². The van der Waals surface area contributed by atoms with Crippen LogP contribution in [0.5, 0.6) is 0 Å². The number of piperidine rings is 1. The second-order valence-electron chi connectivity index (χ2n) is 6.55. The molecule has 0 spiro atoms. The van der Waals surface area contributed by atoms with Gasteiger partial charge in [-0.3, -0.25) is 0 Å². The van der Waals surface area contributed by atoms with E-state index in [1.807, 2.05) is 0 Å². The van der Waals surface area contributed by atoms with Crippen LogP contribution in [0.4, 0.5) is 0 Å². The molecule has 1 saturated heterocycles. The van der Waals surface area contributed by atoms with Gasteiger partial charge in [-0.2, -0.15) is 0 Å². The van der Waals surface area contributed by atoms with Crippen molar-refractivity contribution in [2.75, 3.05) is 32.7 Å². The van der Waals surface area contributed by atoms with Gasteiger partial charge in [0.15, 0.2) is 0 Å². The van der Waals surface area contributed by atoms with Crippen molar-refractivity contribution in [3.05, 3.63) is 0 Å². The maximum atomic E-state index is 3.52. The van der Waals surface area contributed by atoms with Crippen LogP contribution < -0.4 is 5.32 Å². The Morgan fingerprint density at radius 1 is 1.12 bits per heavy atom. The maximum absolute atomic E-state index is 3.52. The fourth-order valence-corrected chi connectivity index (χ4v) is 2.83. The first-order chi connectivity index (χ1) is 8.08. The fourth-order valence-electron chi connectivity index (χ4n) is 2.83. The van der Waals surface area contributed by atoms with Gasteiger partial charge in [-0.05, 0) is 56.7 Å². The standard InChI is InChI=1S/C15H32N2/c1-13(2)11-17(12-14(3)4)9-7-15-6-5-8-16-10-15/h13-16H,5-12H2,1-4H3. The van der Waals surface area contributed by atoms with Gasteiger partial charge >= 0.3 is 0 Å². The van der Waals surface area contributed by atoms with Gasteiger partial charge in [0.1, 0.15) is 0 Å². The molecule has 1 atom stereocenters. The molecule has 0 saturated carbocycles. The highest BCUT2D eigenvalue weighted by Crippen LogP contribution is 2.15. The van der Waals surface area contributed by atoms with Crippen LogP contribution in [0.3, 0.4) is 0 Å². The van der Waals surface area contributed by atoms with Crippen molar-refractivity contribution in [3.63, 3.8) is 0 Å². The summed E-state index contributed by atoms with van der Waals surface area (Å²) in [6.45, 7) is 15.6. The Morgan fingerprint density at radius 3 is 2.24 bits per heavy atom. The Hall–Kier alpha value is -0.0800. The summed E-state index contributed by atoms with van der Waals surface area (Å²) < 4.78 is 0. The first-order valence-electron chi connectivity index (χ1n) is 7.51. The van der Waals surface area contributed by atoms with Crippen LogP contribution >= 0.6 is 0 Å². The van der Waals surface area contributed by atoms with Crippen LogP contribution in [-0.2, 0) is 0 Å². The van der Waals surface area contributed by atoms with Crippen LogP contribution in [0.15, 0.2) is 0 Å². The highest BCUT2D eigenvalue weighted by atomic mass is 15.1. The van der Waals surface area contributed by atoms with E-state index in [0.29, 0.717) is 0 Å². The molecule has 102 valence electrons. The highest BCUT2D eigenvalue weighted by Gasteiger charge is 2.15. The summed E-state index contributed by atoms with van der Waals surface area (Å²) in [4.78, 5) is 2.67. The summed E-state index contributed by atoms with van der Waals surface area (Å²) in [5.74, 6) is 2.50. The molecule has 1 fully saturated rings. The minimum absolute atomic E-state index is 0.790. The molecule has 0 aromatic rings. The molecule has 1 unspecified atom stereocenters. The lowest BCUT2D eigenvalue weighted by molar-refractivity contribution is 0.197. The van der Waals surface area contributed by atoms with E-state index in [1.165, 1.54) is 52.0 Å². The van der Waals surface area contributed by atoms with Crippen LogP contribution in [0.2, 0.25) is 0 Å². The van der Waals surface area contributed by atoms with E-state index >= 15 is 0 Å². The Labute approximate surface area is 108 Å². The minimum atomic E-state index is 0.790. The number of rotatable bonds is 7. The molecule has 1 aliphatic rings. The lowest BCUT2D eigenvalue weighted by atomic mass is 9.95. The second kappa shape index (κ2) is 8.10. The molecule has 2 nitrogen and oxygen atoms in total. The number of nitrogens with zero attached hydrogens (tertiary/aromatic N) is 1. The molecule has 0 bridgehead atoms. The SMILES string of the molecule is CC(C)CN(CCC1CCCNC1)CC(C)C. The second-order valence-corrected chi connectivity index (χ2v) is 6.55. The maximum Gasteiger partial charge on any atom is 0.000450 e. The molecule has 17 heavy (non-hydrogen) atoms. The normalized spacial score (nSPS) is 21.7. The van der Waals surface area contributed by atoms with Crippen molar-refractivity contribution in [3.8, 4) is 0 Å². The van der Waals surface area contributed by atoms with E-state index in [0.717, 1.165) is 17.8 Å². The molecule has 1 heterocycles. The summed E-state index contributed by atoms with van der Waals surface area (Å²) in [5.41, 5.74) is 0. The van der Waals surface area contributed by atoms with E-state index in [9.17, 15) is 0 Å². The summed E-state index contributed by atoms with van der Waals surface area (Å²) >= 11 is 0. The Balaban J connectivity index is 2.26. The molecule has 0 aromatic heterocycles. The van der Waals surface area contributed by atoms with Crippen molar-refractivity contribution in [1.29, 1.82) is 0 Å². The Bertz CT molecular complexity index is 173. The van der Waals surface area contributed by atoms with Gasteiger partial charge in [-0.25, -0.2) is 0 Å². The average Bonchev–Trinajstić information content (AvgIpc) is 2.26. The zero-order valence-electron chi connectivity index (χ0n) is 12.3. The topological polar surface area (TPSA) is 15.3 Å². The summed E-state index contributed by atoms with van der Waals surface area (Å²) in [5, 5.41) is 3.52. The molecule has 1 N–H and O–H groups in total. The van der Waals surface area contributed by atoms with E-state index in [4.69, 9.17) is 0 Å². The number of hydrogen-bond donors (Lipinski definition) is 1. The van der Waals surface area contributed by atoms with Crippen molar-refractivity contribution < 1.29 is 0 Å². The predicted octanol–water partition coefficient (Wildman–Crippen LogP) is 2.99. The van der Waals surface area contributed by atoms with E-state index < -0.39 is 0 Å². The predicted molar refractivity (Wildman–Crippen MR) is 76.3 cm³/mol. The highest BCUT2D eigenvalue weighted by molar-refractivity contribution is 4.71. The molecule has 1 aliphatic heterocycles. The van der Waals surface area contributed by atoms with Crippen molar-refractivity contribution >= 4 is 0 Å². The van der Waals surface area contributed by atoms with Crippen LogP contribution in [0.1, 0.15) is 47.0 Å². The minimum Gasteiger partial charge on any atom is -0.316 e. The fraction of sp³-hybridized carbons (Fsp3) is 1.00. The molecular weight excluding hydrogens is 208 g/mol. The third-order valence-electron chi connectivity index (χ3n) is 3.50. The largest absolute Gasteiger partial charge is 0.316 e. The smallest absolute Gasteiger partial charge is 0.000450 e. The van der Waals surface area contributed by atoms with Gasteiger partial charge < -0.3 is 10.2 Å². The van der Waals surface area contributed by atoms with Crippen molar-refractivity contribution in [2.45, 2.75) is 47.0 Å². The molecule has 2 heteroatoms. The third-order valence-corrected chi connectivity index (χ3v) is 3.50. The molecular formula is C15H32N2. The number of hydrogen-bond acceptors (Lipinski definition) is 2. The van der Waals surface area contributed by atoms with Gasteiger partial charge in [0.05, 0.1) is 0 Å². The van der Waals surface area contributed by atoms with Gasteiger partial charge in [-0.1, -0.05) is 27.7 Å². The summed E-state index contributed by atoms with van der Waals surface area (Å²) in [7, 11) is 0. The monoisotopic (exact) mass is 240 g/mol. The zero-order chi connectivity index (χ0) is 12.7. The van der Waals surface area contributed by atoms with Crippen LogP contribution in [0, 0.1) is 17.8 Å². The third kappa shape index (κ3) is 7.05. The Morgan fingerprint density at radius 2 is 1.76 bits per heavy atom. The van der Waals surface area contributed by atoms with Gasteiger partial charge in [0.25, 0.3) is 0 Å². The first kappa shape index (κ1) is 15.0.